The Bertz CT molecular complexity index is 1010. The average molecular weight is 405 g/mol. The maximum Gasteiger partial charge on any atom is 0.307 e. The van der Waals surface area contributed by atoms with Crippen LogP contribution in [0.15, 0.2) is 66.7 Å². The molecule has 3 aromatic carbocycles. The maximum atomic E-state index is 11.1. The minimum Gasteiger partial charge on any atom is -0.489 e. The topological polar surface area (TPSA) is 81.8 Å². The third-order valence-corrected chi connectivity index (χ3v) is 4.82. The smallest absolute Gasteiger partial charge is 0.307 e. The molecule has 3 N–H and O–H groups in total. The normalized spacial score (nSPS) is 11.8. The van der Waals surface area contributed by atoms with Gasteiger partial charge in [0.05, 0.1) is 13.0 Å². The molecule has 0 aliphatic heterocycles. The fraction of sp³-hybridized carbons (Fsp3) is 0.240. The van der Waals surface area contributed by atoms with Crippen LogP contribution in [-0.2, 0) is 29.2 Å². The lowest BCUT2D eigenvalue weighted by atomic mass is 9.97. The highest BCUT2D eigenvalue weighted by atomic mass is 16.5. The standard InChI is InChI=1S/C25H27NO4/c1-17(26)20-7-5-8-21(13-20)23-11-18(15-29-2)10-19(12-23)16-30-24-9-4-3-6-22(24)14-25(27)28/h3-13,17H,14-16,26H2,1-2H3,(H,27,28)/t17-/m1/s1. The van der Waals surface area contributed by atoms with Crippen LogP contribution in [0.5, 0.6) is 5.75 Å². The average Bonchev–Trinajstić information content (AvgIpc) is 2.73. The van der Waals surface area contributed by atoms with E-state index in [1.807, 2.05) is 37.3 Å². The Hall–Kier alpha value is -3.15. The molecule has 3 aromatic rings. The number of ether oxygens (including phenoxy) is 2. The van der Waals surface area contributed by atoms with Gasteiger partial charge in [-0.1, -0.05) is 42.5 Å². The van der Waals surface area contributed by atoms with E-state index < -0.39 is 5.97 Å². The third-order valence-electron chi connectivity index (χ3n) is 4.82. The second-order valence-electron chi connectivity index (χ2n) is 7.35. The highest BCUT2D eigenvalue weighted by molar-refractivity contribution is 5.71. The van der Waals surface area contributed by atoms with Crippen molar-refractivity contribution in [3.8, 4) is 16.9 Å². The van der Waals surface area contributed by atoms with E-state index in [0.717, 1.165) is 27.8 Å². The third kappa shape index (κ3) is 5.69. The molecule has 0 fully saturated rings. The van der Waals surface area contributed by atoms with Gasteiger partial charge in [-0.2, -0.15) is 0 Å². The van der Waals surface area contributed by atoms with E-state index in [4.69, 9.17) is 20.3 Å². The first-order chi connectivity index (χ1) is 14.5. The summed E-state index contributed by atoms with van der Waals surface area (Å²) < 4.78 is 11.3. The molecular formula is C25H27NO4. The van der Waals surface area contributed by atoms with E-state index >= 15 is 0 Å². The molecule has 5 nitrogen and oxygen atoms in total. The van der Waals surface area contributed by atoms with Crippen molar-refractivity contribution in [3.63, 3.8) is 0 Å². The molecule has 0 saturated carbocycles. The second-order valence-corrected chi connectivity index (χ2v) is 7.35. The van der Waals surface area contributed by atoms with Gasteiger partial charge in [-0.25, -0.2) is 0 Å². The van der Waals surface area contributed by atoms with Crippen molar-refractivity contribution in [2.75, 3.05) is 7.11 Å². The van der Waals surface area contributed by atoms with Crippen LogP contribution in [0.1, 0.15) is 35.2 Å². The fourth-order valence-corrected chi connectivity index (χ4v) is 3.38. The molecule has 0 aliphatic rings. The van der Waals surface area contributed by atoms with E-state index in [0.29, 0.717) is 24.5 Å². The Morgan fingerprint density at radius 2 is 1.70 bits per heavy atom. The number of rotatable bonds is 9. The van der Waals surface area contributed by atoms with Crippen LogP contribution in [0, 0.1) is 0 Å². The summed E-state index contributed by atoms with van der Waals surface area (Å²) in [6, 6.07) is 21.6. The number of hydrogen-bond donors (Lipinski definition) is 2. The lowest BCUT2D eigenvalue weighted by molar-refractivity contribution is -0.136. The minimum atomic E-state index is -0.885. The molecule has 0 aliphatic carbocycles. The molecular weight excluding hydrogens is 378 g/mol. The quantitative estimate of drug-likeness (QED) is 0.538. The van der Waals surface area contributed by atoms with Crippen molar-refractivity contribution >= 4 is 5.97 Å². The molecule has 0 bridgehead atoms. The van der Waals surface area contributed by atoms with Crippen molar-refractivity contribution in [2.24, 2.45) is 5.73 Å². The zero-order valence-corrected chi connectivity index (χ0v) is 17.3. The number of nitrogens with two attached hydrogens (primary N) is 1. The van der Waals surface area contributed by atoms with Gasteiger partial charge in [0.25, 0.3) is 0 Å². The van der Waals surface area contributed by atoms with Gasteiger partial charge in [0, 0.05) is 18.7 Å². The SMILES string of the molecule is COCc1cc(COc2ccccc2CC(=O)O)cc(-c2cccc([C@@H](C)N)c2)c1. The van der Waals surface area contributed by atoms with Crippen molar-refractivity contribution < 1.29 is 19.4 Å². The molecule has 0 saturated heterocycles. The number of carbonyl (C=O) groups is 1. The molecule has 0 amide bonds. The number of hydrogen-bond acceptors (Lipinski definition) is 4. The van der Waals surface area contributed by atoms with Crippen molar-refractivity contribution in [3.05, 3.63) is 89.0 Å². The van der Waals surface area contributed by atoms with Crippen LogP contribution in [0.25, 0.3) is 11.1 Å². The van der Waals surface area contributed by atoms with E-state index in [1.54, 1.807) is 19.2 Å². The van der Waals surface area contributed by atoms with Crippen LogP contribution in [0.2, 0.25) is 0 Å². The summed E-state index contributed by atoms with van der Waals surface area (Å²) in [6.07, 6.45) is -0.0742. The molecule has 30 heavy (non-hydrogen) atoms. The first-order valence-corrected chi connectivity index (χ1v) is 9.86. The van der Waals surface area contributed by atoms with E-state index in [2.05, 4.69) is 24.3 Å². The number of carboxylic acids is 1. The number of carboxylic acid groups (broad SMARTS) is 1. The van der Waals surface area contributed by atoms with Gasteiger partial charge in [0.2, 0.25) is 0 Å². The van der Waals surface area contributed by atoms with Gasteiger partial charge in [-0.15, -0.1) is 0 Å². The summed E-state index contributed by atoms with van der Waals surface area (Å²) in [7, 11) is 1.67. The van der Waals surface area contributed by atoms with Gasteiger partial charge in [0.1, 0.15) is 12.4 Å². The van der Waals surface area contributed by atoms with Gasteiger partial charge in [-0.3, -0.25) is 4.79 Å². The van der Waals surface area contributed by atoms with Crippen molar-refractivity contribution in [1.82, 2.24) is 0 Å². The number of benzene rings is 3. The summed E-state index contributed by atoms with van der Waals surface area (Å²) in [5.41, 5.74) is 11.9. The Kier molecular flexibility index (Phi) is 7.22. The van der Waals surface area contributed by atoms with Crippen molar-refractivity contribution in [2.45, 2.75) is 32.6 Å². The Labute approximate surface area is 177 Å². The minimum absolute atomic E-state index is 0.0411. The molecule has 0 heterocycles. The van der Waals surface area contributed by atoms with Crippen LogP contribution < -0.4 is 10.5 Å². The molecule has 0 spiro atoms. The van der Waals surface area contributed by atoms with E-state index in [9.17, 15) is 4.79 Å². The molecule has 0 aromatic heterocycles. The number of para-hydroxylation sites is 1. The summed E-state index contributed by atoms with van der Waals surface area (Å²) in [4.78, 5) is 11.1. The lowest BCUT2D eigenvalue weighted by Crippen LogP contribution is -2.05. The first kappa shape index (κ1) is 21.6. The number of aliphatic carboxylic acids is 1. The molecule has 3 rings (SSSR count). The Morgan fingerprint density at radius 3 is 2.40 bits per heavy atom. The molecule has 5 heteroatoms. The van der Waals surface area contributed by atoms with Crippen LogP contribution >= 0.6 is 0 Å². The van der Waals surface area contributed by atoms with E-state index in [1.165, 1.54) is 0 Å². The van der Waals surface area contributed by atoms with Gasteiger partial charge < -0.3 is 20.3 Å². The summed E-state index contributed by atoms with van der Waals surface area (Å²) in [6.45, 7) is 2.78. The predicted molar refractivity (Wildman–Crippen MR) is 117 cm³/mol. The fourth-order valence-electron chi connectivity index (χ4n) is 3.38. The summed E-state index contributed by atoms with van der Waals surface area (Å²) in [5, 5.41) is 9.12. The van der Waals surface area contributed by atoms with Gasteiger partial charge in [-0.05, 0) is 59.0 Å². The Balaban J connectivity index is 1.89. The first-order valence-electron chi connectivity index (χ1n) is 9.86. The highest BCUT2D eigenvalue weighted by Crippen LogP contribution is 2.27. The molecule has 1 atom stereocenters. The zero-order chi connectivity index (χ0) is 21.5. The summed E-state index contributed by atoms with van der Waals surface area (Å²) in [5.74, 6) is -0.304. The van der Waals surface area contributed by atoms with E-state index in [-0.39, 0.29) is 12.5 Å². The predicted octanol–water partition coefficient (Wildman–Crippen LogP) is 4.73. The summed E-state index contributed by atoms with van der Waals surface area (Å²) >= 11 is 0. The molecule has 0 radical (unpaired) electrons. The van der Waals surface area contributed by atoms with Crippen molar-refractivity contribution in [1.29, 1.82) is 0 Å². The van der Waals surface area contributed by atoms with Gasteiger partial charge in [0.15, 0.2) is 0 Å². The largest absolute Gasteiger partial charge is 0.489 e. The zero-order valence-electron chi connectivity index (χ0n) is 17.3. The second kappa shape index (κ2) is 10.1. The Morgan fingerprint density at radius 1 is 0.967 bits per heavy atom. The van der Waals surface area contributed by atoms with Crippen LogP contribution in [-0.4, -0.2) is 18.2 Å². The highest BCUT2D eigenvalue weighted by Gasteiger charge is 2.10. The monoisotopic (exact) mass is 405 g/mol. The maximum absolute atomic E-state index is 11.1. The molecule has 0 unspecified atom stereocenters. The molecule has 156 valence electrons. The number of methoxy groups -OCH3 is 1. The van der Waals surface area contributed by atoms with Gasteiger partial charge >= 0.3 is 5.97 Å². The van der Waals surface area contributed by atoms with Crippen LogP contribution in [0.4, 0.5) is 0 Å². The lowest BCUT2D eigenvalue weighted by Gasteiger charge is -2.14. The van der Waals surface area contributed by atoms with Crippen LogP contribution in [0.3, 0.4) is 0 Å².